The minimum atomic E-state index is -3.49. The number of thiophene rings is 1. The largest absolute Gasteiger partial charge is 0.292 e. The van der Waals surface area contributed by atoms with E-state index in [1.165, 1.54) is 4.31 Å². The lowest BCUT2D eigenvalue weighted by Gasteiger charge is -2.33. The van der Waals surface area contributed by atoms with E-state index in [1.54, 1.807) is 41.8 Å². The van der Waals surface area contributed by atoms with E-state index in [0.29, 0.717) is 31.1 Å². The Balaban J connectivity index is 1.48. The molecule has 0 atom stereocenters. The number of hydrogen-bond acceptors (Lipinski definition) is 6. The Bertz CT molecular complexity index is 944. The normalized spacial score (nSPS) is 16.5. The van der Waals surface area contributed by atoms with Crippen LogP contribution in [0.1, 0.15) is 16.0 Å². The first-order chi connectivity index (χ1) is 13.4. The van der Waals surface area contributed by atoms with E-state index < -0.39 is 10.0 Å². The standard InChI is InChI=1S/C19H24N4O3S2/c1-15-3-5-17(6-4-15)28(25,26)23-10-8-22(9-11-23)14-19(24)21-20-13-18-16(2)7-12-27-18/h3-7,12-13H,8-11,14H2,1-2H3,(H,21,24)/b20-13+. The Morgan fingerprint density at radius 3 is 2.43 bits per heavy atom. The molecule has 3 rings (SSSR count). The number of carbonyl (C=O) groups excluding carboxylic acids is 1. The molecule has 0 spiro atoms. The molecule has 1 aliphatic rings. The summed E-state index contributed by atoms with van der Waals surface area (Å²) in [5, 5.41) is 5.97. The number of nitrogens with zero attached hydrogens (tertiary/aromatic N) is 3. The van der Waals surface area contributed by atoms with Crippen molar-refractivity contribution in [1.29, 1.82) is 0 Å². The molecule has 0 unspecified atom stereocenters. The van der Waals surface area contributed by atoms with Crippen molar-refractivity contribution in [3.05, 3.63) is 51.7 Å². The smallest absolute Gasteiger partial charge is 0.254 e. The van der Waals surface area contributed by atoms with Gasteiger partial charge in [-0.2, -0.15) is 9.41 Å². The van der Waals surface area contributed by atoms with Crippen molar-refractivity contribution in [2.24, 2.45) is 5.10 Å². The molecule has 1 aromatic heterocycles. The third-order valence-corrected chi connectivity index (χ3v) is 7.50. The fraction of sp³-hybridized carbons (Fsp3) is 0.368. The molecule has 0 radical (unpaired) electrons. The number of carbonyl (C=O) groups is 1. The molecule has 28 heavy (non-hydrogen) atoms. The number of hydrazone groups is 1. The number of rotatable bonds is 6. The van der Waals surface area contributed by atoms with E-state index >= 15 is 0 Å². The summed E-state index contributed by atoms with van der Waals surface area (Å²) < 4.78 is 26.9. The van der Waals surface area contributed by atoms with Crippen molar-refractivity contribution in [3.63, 3.8) is 0 Å². The third-order valence-electron chi connectivity index (χ3n) is 4.63. The second kappa shape index (κ2) is 8.95. The van der Waals surface area contributed by atoms with Crippen molar-refractivity contribution < 1.29 is 13.2 Å². The minimum Gasteiger partial charge on any atom is -0.292 e. The van der Waals surface area contributed by atoms with Crippen LogP contribution in [0.15, 0.2) is 45.7 Å². The molecular formula is C19H24N4O3S2. The zero-order chi connectivity index (χ0) is 20.1. The Morgan fingerprint density at radius 2 is 1.82 bits per heavy atom. The van der Waals surface area contributed by atoms with E-state index in [9.17, 15) is 13.2 Å². The molecule has 1 N–H and O–H groups in total. The predicted molar refractivity (Wildman–Crippen MR) is 111 cm³/mol. The SMILES string of the molecule is Cc1ccc(S(=O)(=O)N2CCN(CC(=O)N/N=C/c3sccc3C)CC2)cc1. The topological polar surface area (TPSA) is 82.1 Å². The Labute approximate surface area is 169 Å². The van der Waals surface area contributed by atoms with Gasteiger partial charge in [0.2, 0.25) is 10.0 Å². The van der Waals surface area contributed by atoms with E-state index in [1.807, 2.05) is 30.2 Å². The van der Waals surface area contributed by atoms with Crippen molar-refractivity contribution in [2.75, 3.05) is 32.7 Å². The highest BCUT2D eigenvalue weighted by Gasteiger charge is 2.28. The Hall–Kier alpha value is -2.07. The average molecular weight is 421 g/mol. The van der Waals surface area contributed by atoms with Gasteiger partial charge in [0.15, 0.2) is 0 Å². The maximum Gasteiger partial charge on any atom is 0.254 e. The van der Waals surface area contributed by atoms with E-state index in [2.05, 4.69) is 10.5 Å². The van der Waals surface area contributed by atoms with Crippen molar-refractivity contribution in [2.45, 2.75) is 18.7 Å². The molecule has 0 saturated carbocycles. The number of piperazine rings is 1. The van der Waals surface area contributed by atoms with Gasteiger partial charge in [0.05, 0.1) is 17.7 Å². The molecule has 1 amide bonds. The first-order valence-corrected chi connectivity index (χ1v) is 11.3. The maximum atomic E-state index is 12.7. The summed E-state index contributed by atoms with van der Waals surface area (Å²) >= 11 is 1.56. The van der Waals surface area contributed by atoms with Gasteiger partial charge in [0.1, 0.15) is 0 Å². The molecule has 0 aliphatic carbocycles. The van der Waals surface area contributed by atoms with Gasteiger partial charge >= 0.3 is 0 Å². The van der Waals surface area contributed by atoms with Crippen LogP contribution in [0.5, 0.6) is 0 Å². The second-order valence-corrected chi connectivity index (χ2v) is 9.64. The van der Waals surface area contributed by atoms with Crippen LogP contribution >= 0.6 is 11.3 Å². The van der Waals surface area contributed by atoms with Gasteiger partial charge in [-0.3, -0.25) is 9.69 Å². The van der Waals surface area contributed by atoms with Gasteiger partial charge in [0.25, 0.3) is 5.91 Å². The lowest BCUT2D eigenvalue weighted by atomic mass is 10.2. The lowest BCUT2D eigenvalue weighted by Crippen LogP contribution is -2.50. The quantitative estimate of drug-likeness (QED) is 0.571. The van der Waals surface area contributed by atoms with Crippen LogP contribution in [0.25, 0.3) is 0 Å². The Morgan fingerprint density at radius 1 is 1.14 bits per heavy atom. The molecule has 2 aromatic rings. The van der Waals surface area contributed by atoms with Gasteiger partial charge in [-0.1, -0.05) is 17.7 Å². The highest BCUT2D eigenvalue weighted by Crippen LogP contribution is 2.18. The minimum absolute atomic E-state index is 0.194. The average Bonchev–Trinajstić information content (AvgIpc) is 3.07. The maximum absolute atomic E-state index is 12.7. The summed E-state index contributed by atoms with van der Waals surface area (Å²) in [5.74, 6) is -0.208. The fourth-order valence-electron chi connectivity index (χ4n) is 2.91. The van der Waals surface area contributed by atoms with Crippen LogP contribution in [-0.2, 0) is 14.8 Å². The van der Waals surface area contributed by atoms with Gasteiger partial charge in [-0.15, -0.1) is 11.3 Å². The predicted octanol–water partition coefficient (Wildman–Crippen LogP) is 1.82. The van der Waals surface area contributed by atoms with Gasteiger partial charge in [-0.05, 0) is 43.0 Å². The number of amides is 1. The summed E-state index contributed by atoms with van der Waals surface area (Å²) in [4.78, 5) is 15.3. The lowest BCUT2D eigenvalue weighted by molar-refractivity contribution is -0.122. The number of sulfonamides is 1. The molecule has 0 bridgehead atoms. The van der Waals surface area contributed by atoms with Crippen LogP contribution in [0.3, 0.4) is 0 Å². The fourth-order valence-corrected chi connectivity index (χ4v) is 5.11. The van der Waals surface area contributed by atoms with Crippen LogP contribution in [0.2, 0.25) is 0 Å². The van der Waals surface area contributed by atoms with Crippen molar-refractivity contribution in [3.8, 4) is 0 Å². The molecule has 9 heteroatoms. The number of hydrogen-bond donors (Lipinski definition) is 1. The summed E-state index contributed by atoms with van der Waals surface area (Å²) in [6.45, 7) is 5.84. The molecular weight excluding hydrogens is 396 g/mol. The van der Waals surface area contributed by atoms with Crippen molar-refractivity contribution in [1.82, 2.24) is 14.6 Å². The first-order valence-electron chi connectivity index (χ1n) is 9.01. The highest BCUT2D eigenvalue weighted by atomic mass is 32.2. The number of aryl methyl sites for hydroxylation is 2. The molecule has 1 fully saturated rings. The molecule has 7 nitrogen and oxygen atoms in total. The van der Waals surface area contributed by atoms with E-state index in [-0.39, 0.29) is 12.5 Å². The summed E-state index contributed by atoms with van der Waals surface area (Å²) in [6.07, 6.45) is 1.64. The third kappa shape index (κ3) is 5.05. The van der Waals surface area contributed by atoms with Gasteiger partial charge < -0.3 is 0 Å². The molecule has 1 aromatic carbocycles. The first kappa shape index (κ1) is 20.7. The second-order valence-electron chi connectivity index (χ2n) is 6.75. The van der Waals surface area contributed by atoms with Gasteiger partial charge in [-0.25, -0.2) is 13.8 Å². The van der Waals surface area contributed by atoms with E-state index in [0.717, 1.165) is 16.0 Å². The van der Waals surface area contributed by atoms with Crippen LogP contribution in [-0.4, -0.2) is 62.5 Å². The molecule has 1 aliphatic heterocycles. The van der Waals surface area contributed by atoms with Crippen molar-refractivity contribution >= 4 is 33.5 Å². The van der Waals surface area contributed by atoms with E-state index in [4.69, 9.17) is 0 Å². The molecule has 150 valence electrons. The molecule has 1 saturated heterocycles. The Kier molecular flexibility index (Phi) is 6.61. The zero-order valence-electron chi connectivity index (χ0n) is 16.0. The van der Waals surface area contributed by atoms with Crippen LogP contribution in [0.4, 0.5) is 0 Å². The monoisotopic (exact) mass is 420 g/mol. The highest BCUT2D eigenvalue weighted by molar-refractivity contribution is 7.89. The summed E-state index contributed by atoms with van der Waals surface area (Å²) in [5.41, 5.74) is 4.67. The van der Waals surface area contributed by atoms with Crippen LogP contribution in [0, 0.1) is 13.8 Å². The summed E-state index contributed by atoms with van der Waals surface area (Å²) in [6, 6.07) is 8.87. The number of benzene rings is 1. The van der Waals surface area contributed by atoms with Gasteiger partial charge in [0, 0.05) is 31.1 Å². The number of nitrogens with one attached hydrogen (secondary N) is 1. The zero-order valence-corrected chi connectivity index (χ0v) is 17.6. The van der Waals surface area contributed by atoms with Crippen LogP contribution < -0.4 is 5.43 Å². The molecule has 2 heterocycles. The summed E-state index contributed by atoms with van der Waals surface area (Å²) in [7, 11) is -3.49.